The van der Waals surface area contributed by atoms with Gasteiger partial charge in [-0.25, -0.2) is 0 Å². The van der Waals surface area contributed by atoms with E-state index < -0.39 is 0 Å². The number of hydrogen-bond donors (Lipinski definition) is 0. The van der Waals surface area contributed by atoms with Gasteiger partial charge in [0.2, 0.25) is 0 Å². The van der Waals surface area contributed by atoms with Crippen LogP contribution in [0.15, 0.2) is 30.3 Å². The normalized spacial score (nSPS) is 12.2. The van der Waals surface area contributed by atoms with E-state index in [9.17, 15) is 0 Å². The fourth-order valence-electron chi connectivity index (χ4n) is 2.19. The van der Waals surface area contributed by atoms with Crippen LogP contribution in [0.3, 0.4) is 0 Å². The van der Waals surface area contributed by atoms with Gasteiger partial charge in [-0.3, -0.25) is 0 Å². The molecule has 0 aliphatic rings. The fourth-order valence-corrected chi connectivity index (χ4v) is 2.19. The molecule has 0 saturated heterocycles. The van der Waals surface area contributed by atoms with Crippen molar-refractivity contribution in [2.45, 2.75) is 66.2 Å². The Morgan fingerprint density at radius 2 is 1.68 bits per heavy atom. The first-order valence-electron chi connectivity index (χ1n) is 7.68. The average molecular weight is 257 g/mol. The lowest BCUT2D eigenvalue weighted by Crippen LogP contribution is -2.08. The van der Waals surface area contributed by atoms with Gasteiger partial charge in [-0.15, -0.1) is 0 Å². The van der Waals surface area contributed by atoms with Crippen LogP contribution >= 0.6 is 0 Å². The summed E-state index contributed by atoms with van der Waals surface area (Å²) in [4.78, 5) is 0. The molecule has 0 amide bonds. The van der Waals surface area contributed by atoms with Crippen LogP contribution in [0.1, 0.15) is 70.9 Å². The molecule has 0 heteroatoms. The third-order valence-electron chi connectivity index (χ3n) is 3.16. The Labute approximate surface area is 119 Å². The van der Waals surface area contributed by atoms with Crippen molar-refractivity contribution < 1.29 is 0 Å². The first kappa shape index (κ1) is 16.0. The van der Waals surface area contributed by atoms with Crippen LogP contribution in [-0.2, 0) is 6.42 Å². The standard InChI is InChI=1S/C19H29/c1-5-6-7-8-9-10-11-17-12-14-18(15-13-17)16-19(2,3)4/h10,12-15H,5-9,16H2,1-4H3. The topological polar surface area (TPSA) is 0 Å². The zero-order chi connectivity index (χ0) is 14.1. The van der Waals surface area contributed by atoms with Gasteiger partial charge in [0.25, 0.3) is 0 Å². The summed E-state index contributed by atoms with van der Waals surface area (Å²) in [6.45, 7) is 9.09. The minimum atomic E-state index is 0.361. The van der Waals surface area contributed by atoms with Crippen molar-refractivity contribution in [3.05, 3.63) is 47.5 Å². The monoisotopic (exact) mass is 257 g/mol. The molecule has 0 saturated carbocycles. The number of hydrogen-bond acceptors (Lipinski definition) is 0. The van der Waals surface area contributed by atoms with Crippen LogP contribution in [0.4, 0.5) is 0 Å². The zero-order valence-electron chi connectivity index (χ0n) is 13.1. The van der Waals surface area contributed by atoms with E-state index in [4.69, 9.17) is 0 Å². The molecule has 0 aliphatic carbocycles. The number of unbranched alkanes of at least 4 members (excludes halogenated alkanes) is 4. The number of allylic oxidation sites excluding steroid dienone is 1. The first-order chi connectivity index (χ1) is 9.01. The highest BCUT2D eigenvalue weighted by Gasteiger charge is 2.10. The maximum atomic E-state index is 3.39. The van der Waals surface area contributed by atoms with Gasteiger partial charge < -0.3 is 0 Å². The molecule has 0 aromatic heterocycles. The third kappa shape index (κ3) is 7.87. The van der Waals surface area contributed by atoms with Gasteiger partial charge in [0.15, 0.2) is 0 Å². The molecular formula is C19H29. The van der Waals surface area contributed by atoms with Gasteiger partial charge in [-0.05, 0) is 41.9 Å². The van der Waals surface area contributed by atoms with Crippen molar-refractivity contribution in [3.63, 3.8) is 0 Å². The molecule has 0 aliphatic heterocycles. The predicted molar refractivity (Wildman–Crippen MR) is 85.3 cm³/mol. The average Bonchev–Trinajstić information content (AvgIpc) is 2.34. The number of rotatable bonds is 7. The highest BCUT2D eigenvalue weighted by Crippen LogP contribution is 2.20. The maximum Gasteiger partial charge on any atom is -0.0149 e. The molecule has 0 bridgehead atoms. The molecule has 1 aromatic carbocycles. The van der Waals surface area contributed by atoms with Crippen LogP contribution in [0.2, 0.25) is 0 Å². The van der Waals surface area contributed by atoms with E-state index in [1.54, 1.807) is 0 Å². The number of benzene rings is 1. The second-order valence-corrected chi connectivity index (χ2v) is 6.63. The summed E-state index contributed by atoms with van der Waals surface area (Å²) in [5, 5.41) is 0. The molecule has 0 nitrogen and oxygen atoms in total. The lowest BCUT2D eigenvalue weighted by Gasteiger charge is -2.17. The SMILES string of the molecule is CCCCCC/C=[C]\c1ccc(CC(C)(C)C)cc1. The largest absolute Gasteiger partial charge is 0.0760 e. The second-order valence-electron chi connectivity index (χ2n) is 6.63. The highest BCUT2D eigenvalue weighted by atomic mass is 14.2. The third-order valence-corrected chi connectivity index (χ3v) is 3.16. The summed E-state index contributed by atoms with van der Waals surface area (Å²) in [6, 6.07) is 8.84. The molecule has 0 unspecified atom stereocenters. The minimum absolute atomic E-state index is 0.361. The van der Waals surface area contributed by atoms with E-state index in [1.165, 1.54) is 36.8 Å². The summed E-state index contributed by atoms with van der Waals surface area (Å²) in [5.74, 6) is 0. The van der Waals surface area contributed by atoms with Crippen molar-refractivity contribution in [2.75, 3.05) is 0 Å². The Morgan fingerprint density at radius 3 is 2.26 bits per heavy atom. The van der Waals surface area contributed by atoms with Crippen molar-refractivity contribution in [1.29, 1.82) is 0 Å². The molecule has 0 spiro atoms. The molecule has 1 aromatic rings. The lowest BCUT2D eigenvalue weighted by atomic mass is 9.88. The Kier molecular flexibility index (Phi) is 6.91. The van der Waals surface area contributed by atoms with Crippen LogP contribution in [0.25, 0.3) is 0 Å². The molecule has 0 N–H and O–H groups in total. The van der Waals surface area contributed by atoms with Crippen LogP contribution < -0.4 is 0 Å². The lowest BCUT2D eigenvalue weighted by molar-refractivity contribution is 0.411. The van der Waals surface area contributed by atoms with Crippen molar-refractivity contribution in [2.24, 2.45) is 5.41 Å². The molecule has 105 valence electrons. The summed E-state index contributed by atoms with van der Waals surface area (Å²) >= 11 is 0. The molecule has 0 fully saturated rings. The van der Waals surface area contributed by atoms with Crippen molar-refractivity contribution in [1.82, 2.24) is 0 Å². The summed E-state index contributed by atoms with van der Waals surface area (Å²) in [7, 11) is 0. The van der Waals surface area contributed by atoms with E-state index in [0.717, 1.165) is 12.8 Å². The minimum Gasteiger partial charge on any atom is -0.0760 e. The fraction of sp³-hybridized carbons (Fsp3) is 0.579. The van der Waals surface area contributed by atoms with Crippen LogP contribution in [0.5, 0.6) is 0 Å². The van der Waals surface area contributed by atoms with E-state index in [2.05, 4.69) is 64.1 Å². The predicted octanol–water partition coefficient (Wildman–Crippen LogP) is 5.95. The Hall–Kier alpha value is -1.04. The van der Waals surface area contributed by atoms with Gasteiger partial charge in [0, 0.05) is 0 Å². The Morgan fingerprint density at radius 1 is 1.00 bits per heavy atom. The zero-order valence-corrected chi connectivity index (χ0v) is 13.1. The maximum absolute atomic E-state index is 3.39. The van der Waals surface area contributed by atoms with Crippen molar-refractivity contribution >= 4 is 0 Å². The molecule has 0 heterocycles. The van der Waals surface area contributed by atoms with Gasteiger partial charge in [0.1, 0.15) is 0 Å². The van der Waals surface area contributed by atoms with Gasteiger partial charge in [-0.2, -0.15) is 0 Å². The molecule has 1 rings (SSSR count). The molecule has 19 heavy (non-hydrogen) atoms. The van der Waals surface area contributed by atoms with E-state index in [-0.39, 0.29) is 0 Å². The van der Waals surface area contributed by atoms with E-state index in [0.29, 0.717) is 5.41 Å². The van der Waals surface area contributed by atoms with Crippen molar-refractivity contribution in [3.8, 4) is 0 Å². The highest BCUT2D eigenvalue weighted by molar-refractivity contribution is 5.27. The summed E-state index contributed by atoms with van der Waals surface area (Å²) in [6.07, 6.45) is 13.2. The molecular weight excluding hydrogens is 228 g/mol. The summed E-state index contributed by atoms with van der Waals surface area (Å²) in [5.41, 5.74) is 2.98. The summed E-state index contributed by atoms with van der Waals surface area (Å²) < 4.78 is 0. The molecule has 0 atom stereocenters. The van der Waals surface area contributed by atoms with Gasteiger partial charge in [-0.1, -0.05) is 77.3 Å². The van der Waals surface area contributed by atoms with Crippen LogP contribution in [-0.4, -0.2) is 0 Å². The van der Waals surface area contributed by atoms with Crippen LogP contribution in [0, 0.1) is 11.5 Å². The Bertz CT molecular complexity index is 362. The molecule has 1 radical (unpaired) electrons. The van der Waals surface area contributed by atoms with Gasteiger partial charge >= 0.3 is 0 Å². The second kappa shape index (κ2) is 8.19. The smallest absolute Gasteiger partial charge is 0.0149 e. The Balaban J connectivity index is 2.37. The van der Waals surface area contributed by atoms with E-state index >= 15 is 0 Å². The van der Waals surface area contributed by atoms with E-state index in [1.807, 2.05) is 0 Å². The van der Waals surface area contributed by atoms with Gasteiger partial charge in [0.05, 0.1) is 0 Å². The quantitative estimate of drug-likeness (QED) is 0.529. The first-order valence-corrected chi connectivity index (χ1v) is 7.68.